The van der Waals surface area contributed by atoms with E-state index in [1.165, 1.54) is 38.2 Å². The summed E-state index contributed by atoms with van der Waals surface area (Å²) >= 11 is 0. The normalized spacial score (nSPS) is 11.8. The second kappa shape index (κ2) is 9.82. The highest BCUT2D eigenvalue weighted by molar-refractivity contribution is 5.29. The minimum Gasteiger partial charge on any atom is -0.313 e. The molecule has 0 atom stereocenters. The largest absolute Gasteiger partial charge is 0.416 e. The summed E-state index contributed by atoms with van der Waals surface area (Å²) in [6.07, 6.45) is 4.25. The average Bonchev–Trinajstić information content (AvgIpc) is 2.45. The Balaban J connectivity index is 2.19. The molecule has 1 aromatic carbocycles. The molecule has 4 heteroatoms. The van der Waals surface area contributed by atoms with E-state index in [4.69, 9.17) is 0 Å². The highest BCUT2D eigenvalue weighted by atomic mass is 19.4. The van der Waals surface area contributed by atoms with Crippen LogP contribution in [-0.4, -0.2) is 6.54 Å². The summed E-state index contributed by atoms with van der Waals surface area (Å²) in [4.78, 5) is 0. The van der Waals surface area contributed by atoms with Crippen LogP contribution in [0.2, 0.25) is 0 Å². The van der Waals surface area contributed by atoms with E-state index in [-0.39, 0.29) is 6.54 Å². The molecular formula is C17H26F3N. The van der Waals surface area contributed by atoms with Crippen molar-refractivity contribution in [2.45, 2.75) is 64.6 Å². The molecule has 0 aliphatic heterocycles. The van der Waals surface area contributed by atoms with Gasteiger partial charge in [0.25, 0.3) is 0 Å². The van der Waals surface area contributed by atoms with Gasteiger partial charge in [-0.2, -0.15) is 13.2 Å². The van der Waals surface area contributed by atoms with Crippen LogP contribution < -0.4 is 5.32 Å². The van der Waals surface area contributed by atoms with Crippen LogP contribution in [0.4, 0.5) is 13.2 Å². The maximum atomic E-state index is 12.8. The number of nitrogens with one attached hydrogen (secondary N) is 1. The summed E-state index contributed by atoms with van der Waals surface area (Å²) in [6.45, 7) is 3.26. The molecule has 0 spiro atoms. The Morgan fingerprint density at radius 3 is 2.19 bits per heavy atom. The van der Waals surface area contributed by atoms with Crippen LogP contribution in [0.25, 0.3) is 0 Å². The molecule has 0 radical (unpaired) electrons. The van der Waals surface area contributed by atoms with E-state index in [1.807, 2.05) is 0 Å². The number of hydrogen-bond donors (Lipinski definition) is 1. The van der Waals surface area contributed by atoms with Crippen LogP contribution in [0.5, 0.6) is 0 Å². The van der Waals surface area contributed by atoms with Gasteiger partial charge in [0.15, 0.2) is 0 Å². The van der Waals surface area contributed by atoms with Gasteiger partial charge in [-0.15, -0.1) is 0 Å². The maximum absolute atomic E-state index is 12.8. The zero-order valence-electron chi connectivity index (χ0n) is 12.8. The predicted molar refractivity (Wildman–Crippen MR) is 81.1 cm³/mol. The van der Waals surface area contributed by atoms with Gasteiger partial charge < -0.3 is 5.32 Å². The Morgan fingerprint density at radius 2 is 1.52 bits per heavy atom. The van der Waals surface area contributed by atoms with Crippen LogP contribution in [-0.2, 0) is 12.7 Å². The predicted octanol–water partition coefficient (Wildman–Crippen LogP) is 5.55. The number of alkyl halides is 3. The van der Waals surface area contributed by atoms with Crippen molar-refractivity contribution in [2.75, 3.05) is 6.54 Å². The van der Waals surface area contributed by atoms with Gasteiger partial charge in [0.2, 0.25) is 0 Å². The van der Waals surface area contributed by atoms with E-state index >= 15 is 0 Å². The van der Waals surface area contributed by atoms with E-state index in [1.54, 1.807) is 12.1 Å². The van der Waals surface area contributed by atoms with Gasteiger partial charge in [0.05, 0.1) is 5.56 Å². The Labute approximate surface area is 125 Å². The van der Waals surface area contributed by atoms with Crippen molar-refractivity contribution in [2.24, 2.45) is 0 Å². The van der Waals surface area contributed by atoms with Gasteiger partial charge in [0, 0.05) is 6.54 Å². The van der Waals surface area contributed by atoms with Crippen molar-refractivity contribution >= 4 is 0 Å². The minimum absolute atomic E-state index is 0.283. The third-order valence-electron chi connectivity index (χ3n) is 3.60. The third kappa shape index (κ3) is 7.51. The second-order valence-electron chi connectivity index (χ2n) is 5.45. The fourth-order valence-electron chi connectivity index (χ4n) is 2.38. The number of benzene rings is 1. The van der Waals surface area contributed by atoms with Crippen LogP contribution in [0.3, 0.4) is 0 Å². The third-order valence-corrected chi connectivity index (χ3v) is 3.60. The van der Waals surface area contributed by atoms with E-state index < -0.39 is 11.7 Å². The van der Waals surface area contributed by atoms with Crippen molar-refractivity contribution in [1.82, 2.24) is 5.32 Å². The SMILES string of the molecule is CCCCCCCCCNCc1ccccc1C(F)(F)F. The zero-order chi connectivity index (χ0) is 15.6. The lowest BCUT2D eigenvalue weighted by atomic mass is 10.1. The van der Waals surface area contributed by atoms with Crippen LogP contribution in [0, 0.1) is 0 Å². The number of rotatable bonds is 10. The molecule has 0 aromatic heterocycles. The van der Waals surface area contributed by atoms with Gasteiger partial charge >= 0.3 is 6.18 Å². The molecule has 0 saturated carbocycles. The highest BCUT2D eigenvalue weighted by Gasteiger charge is 2.32. The fraction of sp³-hybridized carbons (Fsp3) is 0.647. The van der Waals surface area contributed by atoms with Crippen LogP contribution in [0.15, 0.2) is 24.3 Å². The van der Waals surface area contributed by atoms with Gasteiger partial charge in [-0.05, 0) is 24.6 Å². The van der Waals surface area contributed by atoms with Gasteiger partial charge in [-0.25, -0.2) is 0 Å². The quantitative estimate of drug-likeness (QED) is 0.559. The zero-order valence-corrected chi connectivity index (χ0v) is 12.8. The summed E-state index contributed by atoms with van der Waals surface area (Å²) < 4.78 is 38.4. The van der Waals surface area contributed by atoms with Crippen molar-refractivity contribution in [3.05, 3.63) is 35.4 Å². The highest BCUT2D eigenvalue weighted by Crippen LogP contribution is 2.31. The molecule has 0 amide bonds. The van der Waals surface area contributed by atoms with Crippen molar-refractivity contribution in [3.63, 3.8) is 0 Å². The molecule has 21 heavy (non-hydrogen) atoms. The molecule has 1 aromatic rings. The number of hydrogen-bond acceptors (Lipinski definition) is 1. The lowest BCUT2D eigenvalue weighted by Crippen LogP contribution is -2.18. The van der Waals surface area contributed by atoms with Gasteiger partial charge in [-0.3, -0.25) is 0 Å². The molecule has 1 nitrogen and oxygen atoms in total. The Kier molecular flexibility index (Phi) is 8.43. The van der Waals surface area contributed by atoms with Crippen LogP contribution in [0.1, 0.15) is 63.0 Å². The lowest BCUT2D eigenvalue weighted by molar-refractivity contribution is -0.138. The maximum Gasteiger partial charge on any atom is 0.416 e. The smallest absolute Gasteiger partial charge is 0.313 e. The Morgan fingerprint density at radius 1 is 0.905 bits per heavy atom. The summed E-state index contributed by atoms with van der Waals surface area (Å²) in [7, 11) is 0. The van der Waals surface area contributed by atoms with E-state index in [0.29, 0.717) is 5.56 Å². The molecular weight excluding hydrogens is 275 g/mol. The van der Waals surface area contributed by atoms with Crippen molar-refractivity contribution in [3.8, 4) is 0 Å². The summed E-state index contributed by atoms with van der Waals surface area (Å²) in [5.74, 6) is 0. The number of unbranched alkanes of at least 4 members (excludes halogenated alkanes) is 6. The van der Waals surface area contributed by atoms with E-state index in [2.05, 4.69) is 12.2 Å². The summed E-state index contributed by atoms with van der Waals surface area (Å²) in [5.41, 5.74) is -0.204. The molecule has 1 N–H and O–H groups in total. The first kappa shape index (κ1) is 18.0. The molecule has 0 aliphatic carbocycles. The first-order valence-corrected chi connectivity index (χ1v) is 7.91. The Bertz CT molecular complexity index is 388. The summed E-state index contributed by atoms with van der Waals surface area (Å²) in [6, 6.07) is 5.77. The van der Waals surface area contributed by atoms with Crippen LogP contribution >= 0.6 is 0 Å². The van der Waals surface area contributed by atoms with Crippen molar-refractivity contribution in [1.29, 1.82) is 0 Å². The second-order valence-corrected chi connectivity index (χ2v) is 5.45. The molecule has 0 saturated heterocycles. The molecule has 0 aliphatic rings. The molecule has 0 unspecified atom stereocenters. The molecule has 0 fully saturated rings. The molecule has 0 heterocycles. The molecule has 120 valence electrons. The number of halogens is 3. The Hall–Kier alpha value is -1.03. The first-order valence-electron chi connectivity index (χ1n) is 7.91. The molecule has 1 rings (SSSR count). The minimum atomic E-state index is -4.27. The monoisotopic (exact) mass is 301 g/mol. The van der Waals surface area contributed by atoms with Gasteiger partial charge in [0.1, 0.15) is 0 Å². The van der Waals surface area contributed by atoms with E-state index in [9.17, 15) is 13.2 Å². The molecule has 0 bridgehead atoms. The van der Waals surface area contributed by atoms with Gasteiger partial charge in [-0.1, -0.05) is 63.6 Å². The van der Waals surface area contributed by atoms with Crippen molar-refractivity contribution < 1.29 is 13.2 Å². The summed E-state index contributed by atoms with van der Waals surface area (Å²) in [5, 5.41) is 3.12. The fourth-order valence-corrected chi connectivity index (χ4v) is 2.38. The lowest BCUT2D eigenvalue weighted by Gasteiger charge is -2.13. The first-order chi connectivity index (χ1) is 10.1. The topological polar surface area (TPSA) is 12.0 Å². The average molecular weight is 301 g/mol. The standard InChI is InChI=1S/C17H26F3N/c1-2-3-4-5-6-7-10-13-21-14-15-11-8-9-12-16(15)17(18,19)20/h8-9,11-12,21H,2-7,10,13-14H2,1H3. The van der Waals surface area contributed by atoms with E-state index in [0.717, 1.165) is 25.5 Å².